The number of rotatable bonds is 7. The quantitative estimate of drug-likeness (QED) is 0.655. The van der Waals surface area contributed by atoms with Crippen LogP contribution in [0.1, 0.15) is 33.6 Å². The number of ether oxygens (including phenoxy) is 1. The summed E-state index contributed by atoms with van der Waals surface area (Å²) in [5, 5.41) is 11.9. The Hall–Kier alpha value is -0.590. The number of hydrogen-bond acceptors (Lipinski definition) is 3. The summed E-state index contributed by atoms with van der Waals surface area (Å²) in [4.78, 5) is 0. The summed E-state index contributed by atoms with van der Waals surface area (Å²) in [6, 6.07) is 2.16. The lowest BCUT2D eigenvalue weighted by Gasteiger charge is -2.12. The van der Waals surface area contributed by atoms with Crippen LogP contribution in [0, 0.1) is 11.3 Å². The fourth-order valence-corrected chi connectivity index (χ4v) is 0.952. The largest absolute Gasteiger partial charge is 0.379 e. The Kier molecular flexibility index (Phi) is 7.66. The van der Waals surface area contributed by atoms with Gasteiger partial charge in [0.25, 0.3) is 0 Å². The molecule has 0 fully saturated rings. The smallest absolute Gasteiger partial charge is 0.0975 e. The summed E-state index contributed by atoms with van der Waals surface area (Å²) in [5.41, 5.74) is 0. The Labute approximate surface area is 81.1 Å². The van der Waals surface area contributed by atoms with E-state index in [9.17, 15) is 0 Å². The van der Waals surface area contributed by atoms with E-state index in [2.05, 4.69) is 18.3 Å². The highest BCUT2D eigenvalue weighted by Crippen LogP contribution is 1.95. The Balaban J connectivity index is 3.44. The molecule has 0 radical (unpaired) electrons. The Bertz CT molecular complexity index is 151. The van der Waals surface area contributed by atoms with E-state index in [4.69, 9.17) is 10.00 Å². The van der Waals surface area contributed by atoms with Crippen LogP contribution < -0.4 is 5.32 Å². The second-order valence-electron chi connectivity index (χ2n) is 3.34. The maximum absolute atomic E-state index is 8.75. The molecule has 0 saturated carbocycles. The van der Waals surface area contributed by atoms with E-state index < -0.39 is 0 Å². The second-order valence-corrected chi connectivity index (χ2v) is 3.34. The minimum Gasteiger partial charge on any atom is -0.379 e. The van der Waals surface area contributed by atoms with Crippen molar-refractivity contribution in [3.8, 4) is 6.07 Å². The molecule has 0 heterocycles. The minimum absolute atomic E-state index is 0.0568. The monoisotopic (exact) mass is 184 g/mol. The zero-order valence-electron chi connectivity index (χ0n) is 8.84. The van der Waals surface area contributed by atoms with Gasteiger partial charge in [0.15, 0.2) is 0 Å². The molecule has 3 nitrogen and oxygen atoms in total. The second kappa shape index (κ2) is 8.03. The Morgan fingerprint density at radius 2 is 2.15 bits per heavy atom. The standard InChI is InChI=1S/C10H20N2O/c1-4-6-12-10(8-11)5-7-13-9(2)3/h9-10,12H,4-7H2,1-3H3. The lowest BCUT2D eigenvalue weighted by atomic mass is 10.2. The summed E-state index contributed by atoms with van der Waals surface area (Å²) >= 11 is 0. The van der Waals surface area contributed by atoms with Crippen LogP contribution in [0.15, 0.2) is 0 Å². The Morgan fingerprint density at radius 3 is 2.62 bits per heavy atom. The SMILES string of the molecule is CCCNC(C#N)CCOC(C)C. The highest BCUT2D eigenvalue weighted by molar-refractivity contribution is 4.89. The van der Waals surface area contributed by atoms with Gasteiger partial charge in [-0.05, 0) is 33.2 Å². The normalized spacial score (nSPS) is 12.8. The number of hydrogen-bond donors (Lipinski definition) is 1. The molecule has 1 atom stereocenters. The molecule has 1 unspecified atom stereocenters. The van der Waals surface area contributed by atoms with Crippen molar-refractivity contribution in [1.29, 1.82) is 5.26 Å². The molecule has 76 valence electrons. The van der Waals surface area contributed by atoms with Crippen molar-refractivity contribution in [2.75, 3.05) is 13.2 Å². The molecule has 0 bridgehead atoms. The third-order valence-corrected chi connectivity index (χ3v) is 1.65. The van der Waals surface area contributed by atoms with Gasteiger partial charge in [0.1, 0.15) is 0 Å². The van der Waals surface area contributed by atoms with Crippen molar-refractivity contribution < 1.29 is 4.74 Å². The van der Waals surface area contributed by atoms with Gasteiger partial charge in [0.2, 0.25) is 0 Å². The van der Waals surface area contributed by atoms with Gasteiger partial charge in [-0.3, -0.25) is 0 Å². The first-order valence-electron chi connectivity index (χ1n) is 4.95. The fraction of sp³-hybridized carbons (Fsp3) is 0.900. The van der Waals surface area contributed by atoms with Gasteiger partial charge in [-0.2, -0.15) is 5.26 Å². The fourth-order valence-electron chi connectivity index (χ4n) is 0.952. The summed E-state index contributed by atoms with van der Waals surface area (Å²) < 4.78 is 5.36. The zero-order valence-corrected chi connectivity index (χ0v) is 8.84. The summed E-state index contributed by atoms with van der Waals surface area (Å²) in [6.45, 7) is 7.65. The van der Waals surface area contributed by atoms with Gasteiger partial charge in [-0.15, -0.1) is 0 Å². The molecule has 0 aromatic carbocycles. The molecule has 0 aromatic heterocycles. The average Bonchev–Trinajstić information content (AvgIpc) is 2.10. The van der Waals surface area contributed by atoms with Crippen LogP contribution >= 0.6 is 0 Å². The average molecular weight is 184 g/mol. The van der Waals surface area contributed by atoms with E-state index in [0.717, 1.165) is 19.4 Å². The van der Waals surface area contributed by atoms with Crippen molar-refractivity contribution in [2.45, 2.75) is 45.8 Å². The molecule has 0 amide bonds. The van der Waals surface area contributed by atoms with E-state index in [0.29, 0.717) is 6.61 Å². The van der Waals surface area contributed by atoms with Crippen molar-refractivity contribution in [1.82, 2.24) is 5.32 Å². The third kappa shape index (κ3) is 7.76. The molecule has 0 rings (SSSR count). The van der Waals surface area contributed by atoms with Crippen LogP contribution in [0.4, 0.5) is 0 Å². The van der Waals surface area contributed by atoms with E-state index >= 15 is 0 Å². The molecule has 0 aliphatic heterocycles. The topological polar surface area (TPSA) is 45.0 Å². The molecule has 0 aliphatic rings. The minimum atomic E-state index is -0.0568. The van der Waals surface area contributed by atoms with E-state index in [-0.39, 0.29) is 12.1 Å². The van der Waals surface area contributed by atoms with Gasteiger partial charge < -0.3 is 10.1 Å². The van der Waals surface area contributed by atoms with Gasteiger partial charge >= 0.3 is 0 Å². The van der Waals surface area contributed by atoms with Crippen LogP contribution in [-0.2, 0) is 4.74 Å². The highest BCUT2D eigenvalue weighted by atomic mass is 16.5. The number of nitrogens with zero attached hydrogens (tertiary/aromatic N) is 1. The summed E-state index contributed by atoms with van der Waals surface area (Å²) in [5.74, 6) is 0. The van der Waals surface area contributed by atoms with Gasteiger partial charge in [0.05, 0.1) is 18.2 Å². The van der Waals surface area contributed by atoms with Crippen LogP contribution in [-0.4, -0.2) is 25.3 Å². The molecule has 13 heavy (non-hydrogen) atoms. The molecule has 0 spiro atoms. The maximum atomic E-state index is 8.75. The molecule has 0 saturated heterocycles. The van der Waals surface area contributed by atoms with E-state index in [1.807, 2.05) is 13.8 Å². The van der Waals surface area contributed by atoms with Crippen molar-refractivity contribution in [3.05, 3.63) is 0 Å². The third-order valence-electron chi connectivity index (χ3n) is 1.65. The van der Waals surface area contributed by atoms with E-state index in [1.165, 1.54) is 0 Å². The van der Waals surface area contributed by atoms with Gasteiger partial charge in [-0.25, -0.2) is 0 Å². The first kappa shape index (κ1) is 12.4. The number of nitriles is 1. The lowest BCUT2D eigenvalue weighted by molar-refractivity contribution is 0.0743. The Morgan fingerprint density at radius 1 is 1.46 bits per heavy atom. The molecular formula is C10H20N2O. The van der Waals surface area contributed by atoms with Crippen molar-refractivity contribution >= 4 is 0 Å². The van der Waals surface area contributed by atoms with Crippen LogP contribution in [0.25, 0.3) is 0 Å². The summed E-state index contributed by atoms with van der Waals surface area (Å²) in [7, 11) is 0. The van der Waals surface area contributed by atoms with E-state index in [1.54, 1.807) is 0 Å². The first-order chi connectivity index (χ1) is 6.20. The number of nitrogens with one attached hydrogen (secondary N) is 1. The van der Waals surface area contributed by atoms with Gasteiger partial charge in [0, 0.05) is 6.61 Å². The highest BCUT2D eigenvalue weighted by Gasteiger charge is 2.05. The predicted molar refractivity (Wildman–Crippen MR) is 53.4 cm³/mol. The van der Waals surface area contributed by atoms with Crippen LogP contribution in [0.2, 0.25) is 0 Å². The van der Waals surface area contributed by atoms with Crippen molar-refractivity contribution in [2.24, 2.45) is 0 Å². The van der Waals surface area contributed by atoms with Crippen LogP contribution in [0.5, 0.6) is 0 Å². The molecule has 0 aromatic rings. The molecule has 3 heteroatoms. The zero-order chi connectivity index (χ0) is 10.1. The first-order valence-corrected chi connectivity index (χ1v) is 4.95. The van der Waals surface area contributed by atoms with Crippen LogP contribution in [0.3, 0.4) is 0 Å². The molecule has 1 N–H and O–H groups in total. The predicted octanol–water partition coefficient (Wildman–Crippen LogP) is 1.69. The van der Waals surface area contributed by atoms with Gasteiger partial charge in [-0.1, -0.05) is 6.92 Å². The van der Waals surface area contributed by atoms with Crippen molar-refractivity contribution in [3.63, 3.8) is 0 Å². The lowest BCUT2D eigenvalue weighted by Crippen LogP contribution is -2.29. The molecular weight excluding hydrogens is 164 g/mol. The summed E-state index contributed by atoms with van der Waals surface area (Å²) in [6.07, 6.45) is 2.09. The molecule has 0 aliphatic carbocycles. The maximum Gasteiger partial charge on any atom is 0.0975 e.